The van der Waals surface area contributed by atoms with Gasteiger partial charge in [-0.3, -0.25) is 0 Å². The van der Waals surface area contributed by atoms with Crippen LogP contribution in [-0.4, -0.2) is 25.1 Å². The molecule has 0 aliphatic heterocycles. The van der Waals surface area contributed by atoms with Gasteiger partial charge in [0.1, 0.15) is 5.82 Å². The van der Waals surface area contributed by atoms with Gasteiger partial charge in [-0.1, -0.05) is 44.2 Å². The molecule has 0 amide bonds. The van der Waals surface area contributed by atoms with Crippen LogP contribution >= 0.6 is 0 Å². The number of benzene rings is 1. The first-order valence-electron chi connectivity index (χ1n) is 7.85. The number of hydrogen-bond donors (Lipinski definition) is 2. The van der Waals surface area contributed by atoms with E-state index in [-0.39, 0.29) is 0 Å². The Hall–Kier alpha value is -2.76. The van der Waals surface area contributed by atoms with Crippen LogP contribution in [0.5, 0.6) is 0 Å². The minimum Gasteiger partial charge on any atom is -0.346 e. The summed E-state index contributed by atoms with van der Waals surface area (Å²) in [7, 11) is 0. The van der Waals surface area contributed by atoms with E-state index in [0.717, 1.165) is 41.3 Å². The van der Waals surface area contributed by atoms with Crippen LogP contribution in [-0.2, 0) is 19.4 Å². The van der Waals surface area contributed by atoms with Crippen molar-refractivity contribution < 1.29 is 0 Å². The average molecular weight is 308 g/mol. The Bertz CT molecular complexity index is 766. The zero-order valence-corrected chi connectivity index (χ0v) is 13.4. The predicted molar refractivity (Wildman–Crippen MR) is 89.9 cm³/mol. The van der Waals surface area contributed by atoms with E-state index in [1.807, 2.05) is 24.4 Å². The van der Waals surface area contributed by atoms with Gasteiger partial charge in [-0.2, -0.15) is 5.10 Å². The van der Waals surface area contributed by atoms with Crippen molar-refractivity contribution in [3.05, 3.63) is 53.7 Å². The zero-order valence-electron chi connectivity index (χ0n) is 13.4. The third-order valence-electron chi connectivity index (χ3n) is 3.64. The molecule has 0 saturated carbocycles. The molecule has 0 aliphatic rings. The fourth-order valence-corrected chi connectivity index (χ4v) is 2.39. The molecule has 2 heterocycles. The van der Waals surface area contributed by atoms with E-state index in [1.165, 1.54) is 0 Å². The van der Waals surface area contributed by atoms with Crippen LogP contribution in [0.3, 0.4) is 0 Å². The fourth-order valence-electron chi connectivity index (χ4n) is 2.39. The first kappa shape index (κ1) is 15.1. The van der Waals surface area contributed by atoms with Crippen molar-refractivity contribution in [1.29, 1.82) is 0 Å². The molecule has 0 atom stereocenters. The Labute approximate surface area is 135 Å². The predicted octanol–water partition coefficient (Wildman–Crippen LogP) is 3.00. The maximum absolute atomic E-state index is 4.52. The molecule has 0 saturated heterocycles. The van der Waals surface area contributed by atoms with Crippen LogP contribution in [0, 0.1) is 0 Å². The summed E-state index contributed by atoms with van der Waals surface area (Å²) in [4.78, 5) is 12.2. The van der Waals surface area contributed by atoms with Crippen molar-refractivity contribution in [2.45, 2.75) is 33.2 Å². The number of nitrogens with one attached hydrogen (secondary N) is 2. The Morgan fingerprint density at radius 1 is 1.00 bits per heavy atom. The van der Waals surface area contributed by atoms with Crippen molar-refractivity contribution in [3.63, 3.8) is 0 Å². The van der Waals surface area contributed by atoms with Crippen LogP contribution in [0.2, 0.25) is 0 Å². The van der Waals surface area contributed by atoms with Crippen LogP contribution < -0.4 is 5.32 Å². The third kappa shape index (κ3) is 3.53. The van der Waals surface area contributed by atoms with E-state index in [4.69, 9.17) is 0 Å². The first-order valence-corrected chi connectivity index (χ1v) is 7.85. The summed E-state index contributed by atoms with van der Waals surface area (Å²) < 4.78 is 0. The van der Waals surface area contributed by atoms with Gasteiger partial charge in [-0.25, -0.2) is 9.97 Å². The summed E-state index contributed by atoms with van der Waals surface area (Å²) in [6.07, 6.45) is 3.54. The first-order chi connectivity index (χ1) is 11.3. The molecule has 6 nitrogen and oxygen atoms in total. The van der Waals surface area contributed by atoms with Crippen LogP contribution in [0.1, 0.15) is 31.1 Å². The van der Waals surface area contributed by atoms with Crippen molar-refractivity contribution in [3.8, 4) is 11.3 Å². The number of imidazole rings is 1. The molecule has 0 radical (unpaired) electrons. The van der Waals surface area contributed by atoms with Gasteiger partial charge >= 0.3 is 0 Å². The number of rotatable bonds is 6. The van der Waals surface area contributed by atoms with Gasteiger partial charge in [0.15, 0.2) is 0 Å². The second kappa shape index (κ2) is 7.00. The van der Waals surface area contributed by atoms with Gasteiger partial charge in [-0.05, 0) is 18.4 Å². The van der Waals surface area contributed by atoms with E-state index in [2.05, 4.69) is 56.4 Å². The van der Waals surface area contributed by atoms with Gasteiger partial charge in [0.05, 0.1) is 29.8 Å². The maximum atomic E-state index is 4.52. The monoisotopic (exact) mass is 308 g/mol. The second-order valence-electron chi connectivity index (χ2n) is 5.20. The van der Waals surface area contributed by atoms with E-state index in [1.54, 1.807) is 0 Å². The molecule has 0 unspecified atom stereocenters. The van der Waals surface area contributed by atoms with E-state index >= 15 is 0 Å². The SMILES string of the molecule is CCc1nnc(NCc2ncc(-c3ccccc3)[nH]2)nc1CC. The summed E-state index contributed by atoms with van der Waals surface area (Å²) in [5.74, 6) is 1.38. The molecule has 2 N–H and O–H groups in total. The van der Waals surface area contributed by atoms with E-state index < -0.39 is 0 Å². The maximum Gasteiger partial charge on any atom is 0.243 e. The lowest BCUT2D eigenvalue weighted by Crippen LogP contribution is -2.10. The Balaban J connectivity index is 1.68. The summed E-state index contributed by atoms with van der Waals surface area (Å²) in [6.45, 7) is 4.67. The van der Waals surface area contributed by atoms with Gasteiger partial charge in [-0.15, -0.1) is 5.10 Å². The second-order valence-corrected chi connectivity index (χ2v) is 5.20. The van der Waals surface area contributed by atoms with Crippen LogP contribution in [0.4, 0.5) is 5.95 Å². The fraction of sp³-hybridized carbons (Fsp3) is 0.294. The molecule has 0 bridgehead atoms. The minimum absolute atomic E-state index is 0.531. The number of aromatic amines is 1. The van der Waals surface area contributed by atoms with Crippen molar-refractivity contribution >= 4 is 5.95 Å². The zero-order chi connectivity index (χ0) is 16.1. The van der Waals surface area contributed by atoms with Crippen LogP contribution in [0.15, 0.2) is 36.5 Å². The molecule has 6 heteroatoms. The lowest BCUT2D eigenvalue weighted by atomic mass is 10.2. The standard InChI is InChI=1S/C17H20N6/c1-3-13-14(4-2)22-23-17(21-13)19-11-16-18-10-15(20-16)12-8-6-5-7-9-12/h5-10H,3-4,11H2,1-2H3,(H,18,20)(H,19,21,23). The Morgan fingerprint density at radius 3 is 2.52 bits per heavy atom. The highest BCUT2D eigenvalue weighted by Gasteiger charge is 2.07. The quantitative estimate of drug-likeness (QED) is 0.732. The minimum atomic E-state index is 0.531. The lowest BCUT2D eigenvalue weighted by Gasteiger charge is -2.06. The molecule has 23 heavy (non-hydrogen) atoms. The van der Waals surface area contributed by atoms with Gasteiger partial charge in [0, 0.05) is 0 Å². The Kier molecular flexibility index (Phi) is 4.61. The summed E-state index contributed by atoms with van der Waals surface area (Å²) in [6, 6.07) is 10.1. The molecule has 0 fully saturated rings. The normalized spacial score (nSPS) is 10.7. The highest BCUT2D eigenvalue weighted by molar-refractivity contribution is 5.58. The number of aromatic nitrogens is 5. The number of hydrogen-bond acceptors (Lipinski definition) is 5. The van der Waals surface area contributed by atoms with Crippen molar-refractivity contribution in [2.75, 3.05) is 5.32 Å². The number of aryl methyl sites for hydroxylation is 2. The highest BCUT2D eigenvalue weighted by Crippen LogP contribution is 2.16. The number of anilines is 1. The van der Waals surface area contributed by atoms with E-state index in [0.29, 0.717) is 12.5 Å². The molecular formula is C17H20N6. The lowest BCUT2D eigenvalue weighted by molar-refractivity contribution is 0.815. The van der Waals surface area contributed by atoms with Gasteiger partial charge in [0.25, 0.3) is 0 Å². The largest absolute Gasteiger partial charge is 0.346 e. The van der Waals surface area contributed by atoms with Gasteiger partial charge in [0.2, 0.25) is 5.95 Å². The van der Waals surface area contributed by atoms with E-state index in [9.17, 15) is 0 Å². The molecule has 3 aromatic rings. The molecule has 3 rings (SSSR count). The number of nitrogens with zero attached hydrogens (tertiary/aromatic N) is 4. The molecule has 2 aromatic heterocycles. The average Bonchev–Trinajstić information content (AvgIpc) is 3.09. The highest BCUT2D eigenvalue weighted by atomic mass is 15.2. The summed E-state index contributed by atoms with van der Waals surface area (Å²) in [5.41, 5.74) is 4.07. The molecular weight excluding hydrogens is 288 g/mol. The van der Waals surface area contributed by atoms with Crippen LogP contribution in [0.25, 0.3) is 11.3 Å². The third-order valence-corrected chi connectivity index (χ3v) is 3.64. The van der Waals surface area contributed by atoms with Gasteiger partial charge < -0.3 is 10.3 Å². The molecule has 1 aromatic carbocycles. The van der Waals surface area contributed by atoms with Crippen molar-refractivity contribution in [1.82, 2.24) is 25.1 Å². The topological polar surface area (TPSA) is 79.4 Å². The number of H-pyrrole nitrogens is 1. The molecule has 0 spiro atoms. The van der Waals surface area contributed by atoms with Crippen molar-refractivity contribution in [2.24, 2.45) is 0 Å². The molecule has 0 aliphatic carbocycles. The molecule has 118 valence electrons. The summed E-state index contributed by atoms with van der Waals surface area (Å²) in [5, 5.41) is 11.5. The Morgan fingerprint density at radius 2 is 1.78 bits per heavy atom. The summed E-state index contributed by atoms with van der Waals surface area (Å²) >= 11 is 0. The smallest absolute Gasteiger partial charge is 0.243 e.